The highest BCUT2D eigenvalue weighted by Gasteiger charge is 2.16. The lowest BCUT2D eigenvalue weighted by Gasteiger charge is -2.20. The first-order valence-corrected chi connectivity index (χ1v) is 3.68. The number of hydrogen-bond donors (Lipinski definition) is 1. The van der Waals surface area contributed by atoms with E-state index in [2.05, 4.69) is 24.0 Å². The summed E-state index contributed by atoms with van der Waals surface area (Å²) in [6.07, 6.45) is 3.35. The molecule has 0 saturated carbocycles. The van der Waals surface area contributed by atoms with Crippen LogP contribution >= 0.6 is 0 Å². The van der Waals surface area contributed by atoms with Crippen molar-refractivity contribution in [2.75, 3.05) is 6.54 Å². The van der Waals surface area contributed by atoms with Gasteiger partial charge in [-0.05, 0) is 12.0 Å². The largest absolute Gasteiger partial charge is 0.330 e. The summed E-state index contributed by atoms with van der Waals surface area (Å²) in [4.78, 5) is 1.66. The monoisotopic (exact) mass is 154 g/mol. The third-order valence-corrected chi connectivity index (χ3v) is 1.59. The number of nitrogens with two attached hydrogens (primary N) is 1. The van der Waals surface area contributed by atoms with E-state index in [4.69, 9.17) is 5.73 Å². The highest BCUT2D eigenvalue weighted by Crippen LogP contribution is 2.13. The van der Waals surface area contributed by atoms with E-state index in [9.17, 15) is 0 Å². The summed E-state index contributed by atoms with van der Waals surface area (Å²) in [5.74, 6) is 0. The fourth-order valence-electron chi connectivity index (χ4n) is 0.772. The van der Waals surface area contributed by atoms with Crippen molar-refractivity contribution in [1.82, 2.24) is 15.0 Å². The minimum absolute atomic E-state index is 0.0824. The standard InChI is InChI=1S/C7H14N4/c1-7(2,5-8)6-11-9-3-4-10-11/h3-4H,5-6,8H2,1-2H3. The first-order valence-electron chi connectivity index (χ1n) is 3.68. The fraction of sp³-hybridized carbons (Fsp3) is 0.714. The molecule has 1 heterocycles. The number of nitrogens with zero attached hydrogens (tertiary/aromatic N) is 3. The average molecular weight is 154 g/mol. The number of aromatic nitrogens is 3. The molecule has 0 saturated heterocycles. The molecule has 1 aromatic rings. The van der Waals surface area contributed by atoms with Crippen molar-refractivity contribution in [2.24, 2.45) is 11.1 Å². The summed E-state index contributed by atoms with van der Waals surface area (Å²) in [5.41, 5.74) is 5.64. The van der Waals surface area contributed by atoms with Crippen molar-refractivity contribution < 1.29 is 0 Å². The molecule has 0 unspecified atom stereocenters. The zero-order chi connectivity index (χ0) is 8.32. The van der Waals surface area contributed by atoms with Gasteiger partial charge in [0.05, 0.1) is 18.9 Å². The molecular weight excluding hydrogens is 140 g/mol. The van der Waals surface area contributed by atoms with E-state index < -0.39 is 0 Å². The number of hydrogen-bond acceptors (Lipinski definition) is 3. The third kappa shape index (κ3) is 2.31. The maximum atomic E-state index is 5.55. The van der Waals surface area contributed by atoms with E-state index in [0.717, 1.165) is 6.54 Å². The molecule has 0 aliphatic carbocycles. The molecule has 1 aromatic heterocycles. The SMILES string of the molecule is CC(C)(CN)Cn1nccn1. The highest BCUT2D eigenvalue weighted by molar-refractivity contribution is 4.69. The molecule has 0 spiro atoms. The van der Waals surface area contributed by atoms with Crippen LogP contribution in [0.2, 0.25) is 0 Å². The molecule has 0 fully saturated rings. The molecule has 4 heteroatoms. The van der Waals surface area contributed by atoms with Crippen LogP contribution in [0.5, 0.6) is 0 Å². The number of rotatable bonds is 3. The Morgan fingerprint density at radius 2 is 1.91 bits per heavy atom. The molecule has 62 valence electrons. The molecule has 0 atom stereocenters. The maximum absolute atomic E-state index is 5.55. The Bertz CT molecular complexity index is 202. The summed E-state index contributed by atoms with van der Waals surface area (Å²) in [6, 6.07) is 0. The predicted molar refractivity (Wildman–Crippen MR) is 42.9 cm³/mol. The lowest BCUT2D eigenvalue weighted by molar-refractivity contribution is 0.282. The van der Waals surface area contributed by atoms with E-state index in [1.54, 1.807) is 17.2 Å². The van der Waals surface area contributed by atoms with Gasteiger partial charge in [0, 0.05) is 0 Å². The Morgan fingerprint density at radius 1 is 1.36 bits per heavy atom. The van der Waals surface area contributed by atoms with Crippen molar-refractivity contribution in [2.45, 2.75) is 20.4 Å². The van der Waals surface area contributed by atoms with Crippen LogP contribution in [-0.4, -0.2) is 21.5 Å². The van der Waals surface area contributed by atoms with Gasteiger partial charge in [0.1, 0.15) is 0 Å². The average Bonchev–Trinajstić information content (AvgIpc) is 2.39. The molecule has 0 radical (unpaired) electrons. The Hall–Kier alpha value is -0.900. The van der Waals surface area contributed by atoms with Crippen molar-refractivity contribution in [3.8, 4) is 0 Å². The van der Waals surface area contributed by atoms with Gasteiger partial charge in [0.25, 0.3) is 0 Å². The zero-order valence-corrected chi connectivity index (χ0v) is 6.99. The van der Waals surface area contributed by atoms with Gasteiger partial charge in [-0.3, -0.25) is 0 Å². The van der Waals surface area contributed by atoms with E-state index in [1.807, 2.05) is 0 Å². The van der Waals surface area contributed by atoms with Crippen molar-refractivity contribution in [1.29, 1.82) is 0 Å². The predicted octanol–water partition coefficient (Wildman–Crippen LogP) is 0.263. The maximum Gasteiger partial charge on any atom is 0.0693 e. The lowest BCUT2D eigenvalue weighted by Crippen LogP contribution is -2.29. The van der Waals surface area contributed by atoms with Gasteiger partial charge in [-0.2, -0.15) is 15.0 Å². The second-order valence-electron chi connectivity index (χ2n) is 3.43. The van der Waals surface area contributed by atoms with Gasteiger partial charge in [0.2, 0.25) is 0 Å². The van der Waals surface area contributed by atoms with E-state index in [1.165, 1.54) is 0 Å². The third-order valence-electron chi connectivity index (χ3n) is 1.59. The molecule has 0 aliphatic heterocycles. The van der Waals surface area contributed by atoms with Gasteiger partial charge >= 0.3 is 0 Å². The highest BCUT2D eigenvalue weighted by atomic mass is 15.5. The Balaban J connectivity index is 2.56. The smallest absolute Gasteiger partial charge is 0.0693 e. The second-order valence-corrected chi connectivity index (χ2v) is 3.43. The minimum Gasteiger partial charge on any atom is -0.330 e. The van der Waals surface area contributed by atoms with Gasteiger partial charge in [-0.15, -0.1) is 0 Å². The Kier molecular flexibility index (Phi) is 2.24. The zero-order valence-electron chi connectivity index (χ0n) is 6.99. The van der Waals surface area contributed by atoms with Crippen molar-refractivity contribution in [3.63, 3.8) is 0 Å². The van der Waals surface area contributed by atoms with Gasteiger partial charge in [-0.1, -0.05) is 13.8 Å². The van der Waals surface area contributed by atoms with Gasteiger partial charge in [-0.25, -0.2) is 0 Å². The van der Waals surface area contributed by atoms with Gasteiger partial charge < -0.3 is 5.73 Å². The van der Waals surface area contributed by atoms with E-state index in [0.29, 0.717) is 6.54 Å². The molecule has 0 bridgehead atoms. The lowest BCUT2D eigenvalue weighted by atomic mass is 9.94. The molecule has 4 nitrogen and oxygen atoms in total. The van der Waals surface area contributed by atoms with Crippen molar-refractivity contribution >= 4 is 0 Å². The summed E-state index contributed by atoms with van der Waals surface area (Å²) in [5, 5.41) is 8.00. The molecule has 2 N–H and O–H groups in total. The first kappa shape index (κ1) is 8.20. The van der Waals surface area contributed by atoms with E-state index in [-0.39, 0.29) is 5.41 Å². The van der Waals surface area contributed by atoms with Crippen LogP contribution in [0.3, 0.4) is 0 Å². The normalized spacial score (nSPS) is 11.9. The molecule has 11 heavy (non-hydrogen) atoms. The van der Waals surface area contributed by atoms with Gasteiger partial charge in [0.15, 0.2) is 0 Å². The topological polar surface area (TPSA) is 56.7 Å². The summed E-state index contributed by atoms with van der Waals surface area (Å²) >= 11 is 0. The molecule has 1 rings (SSSR count). The summed E-state index contributed by atoms with van der Waals surface area (Å²) in [7, 11) is 0. The molecule has 0 amide bonds. The van der Waals surface area contributed by atoms with Crippen LogP contribution < -0.4 is 5.73 Å². The van der Waals surface area contributed by atoms with Crippen LogP contribution in [-0.2, 0) is 6.54 Å². The summed E-state index contributed by atoms with van der Waals surface area (Å²) in [6.45, 7) is 5.61. The Labute approximate surface area is 66.4 Å². The Morgan fingerprint density at radius 3 is 2.36 bits per heavy atom. The van der Waals surface area contributed by atoms with Crippen LogP contribution in [0.4, 0.5) is 0 Å². The first-order chi connectivity index (χ1) is 5.14. The fourth-order valence-corrected chi connectivity index (χ4v) is 0.772. The van der Waals surface area contributed by atoms with Crippen LogP contribution in [0, 0.1) is 5.41 Å². The summed E-state index contributed by atoms with van der Waals surface area (Å²) < 4.78 is 0. The second kappa shape index (κ2) is 3.00. The minimum atomic E-state index is 0.0824. The van der Waals surface area contributed by atoms with E-state index >= 15 is 0 Å². The molecule has 0 aromatic carbocycles. The van der Waals surface area contributed by atoms with Crippen LogP contribution in [0.25, 0.3) is 0 Å². The van der Waals surface area contributed by atoms with Crippen molar-refractivity contribution in [3.05, 3.63) is 12.4 Å². The quantitative estimate of drug-likeness (QED) is 0.679. The van der Waals surface area contributed by atoms with Crippen LogP contribution in [0.15, 0.2) is 12.4 Å². The van der Waals surface area contributed by atoms with Crippen LogP contribution in [0.1, 0.15) is 13.8 Å². The molecule has 0 aliphatic rings. The molecular formula is C7H14N4.